The minimum Gasteiger partial charge on any atom is -0.387 e. The molecule has 0 aliphatic heterocycles. The van der Waals surface area contributed by atoms with Crippen molar-refractivity contribution in [3.8, 4) is 0 Å². The number of fused-ring (bicyclic) bond motifs is 1. The van der Waals surface area contributed by atoms with Gasteiger partial charge in [-0.05, 0) is 74.4 Å². The van der Waals surface area contributed by atoms with Crippen molar-refractivity contribution in [1.29, 1.82) is 0 Å². The van der Waals surface area contributed by atoms with Crippen molar-refractivity contribution in [3.05, 3.63) is 53.7 Å². The van der Waals surface area contributed by atoms with Gasteiger partial charge in [0.25, 0.3) is 0 Å². The van der Waals surface area contributed by atoms with E-state index in [0.29, 0.717) is 42.6 Å². The quantitative estimate of drug-likeness (QED) is 0.593. The first kappa shape index (κ1) is 21.6. The zero-order chi connectivity index (χ0) is 22.1. The molecule has 1 aromatic carbocycles. The van der Waals surface area contributed by atoms with Gasteiger partial charge in [-0.3, -0.25) is 0 Å². The highest BCUT2D eigenvalue weighted by atomic mass is 19.4. The number of rotatable bonds is 6. The average molecular weight is 434 g/mol. The molecule has 0 radical (unpaired) electrons. The summed E-state index contributed by atoms with van der Waals surface area (Å²) in [6, 6.07) is 10.5. The fraction of sp³-hybridized carbons (Fsp3) is 0.455. The topological polar surface area (TPSA) is 71.7 Å². The van der Waals surface area contributed by atoms with Crippen LogP contribution >= 0.6 is 0 Å². The molecule has 1 fully saturated rings. The molecule has 0 saturated heterocycles. The standard InChI is InChI=1S/C22H25F3N4O2/c1-31-14-21(30)11-9-15(10-12-21)13-18-3-2-4-19-27-20(28-29(18)19)26-17-7-5-16(6-8-17)22(23,24)25/h2-8,15,30H,9-14H2,1H3,(H,26,28)/t15-,21-. The molecule has 1 aliphatic rings. The summed E-state index contributed by atoms with van der Waals surface area (Å²) in [5, 5.41) is 18.0. The molecule has 4 rings (SSSR count). The molecule has 0 amide bonds. The Bertz CT molecular complexity index is 1030. The van der Waals surface area contributed by atoms with E-state index < -0.39 is 17.3 Å². The maximum atomic E-state index is 12.7. The first-order valence-corrected chi connectivity index (χ1v) is 10.3. The number of benzene rings is 1. The van der Waals surface area contributed by atoms with Crippen LogP contribution in [0.3, 0.4) is 0 Å². The molecule has 166 valence electrons. The fourth-order valence-electron chi connectivity index (χ4n) is 4.17. The number of methoxy groups -OCH3 is 1. The second-order valence-corrected chi connectivity index (χ2v) is 8.23. The van der Waals surface area contributed by atoms with E-state index in [9.17, 15) is 18.3 Å². The highest BCUT2D eigenvalue weighted by molar-refractivity contribution is 5.56. The van der Waals surface area contributed by atoms with Gasteiger partial charge in [-0.2, -0.15) is 18.2 Å². The van der Waals surface area contributed by atoms with Crippen molar-refractivity contribution in [2.75, 3.05) is 19.0 Å². The molecule has 2 N–H and O–H groups in total. The highest BCUT2D eigenvalue weighted by Crippen LogP contribution is 2.34. The zero-order valence-electron chi connectivity index (χ0n) is 17.2. The number of halogens is 3. The Balaban J connectivity index is 1.46. The number of hydrogen-bond acceptors (Lipinski definition) is 5. The summed E-state index contributed by atoms with van der Waals surface area (Å²) in [5.41, 5.74) is 0.720. The number of aliphatic hydroxyl groups is 1. The lowest BCUT2D eigenvalue weighted by Crippen LogP contribution is -2.38. The molecule has 1 aliphatic carbocycles. The summed E-state index contributed by atoms with van der Waals surface area (Å²) in [6.45, 7) is 0.358. The van der Waals surface area contributed by atoms with Gasteiger partial charge >= 0.3 is 6.18 Å². The van der Waals surface area contributed by atoms with Crippen LogP contribution in [0.1, 0.15) is 36.9 Å². The van der Waals surface area contributed by atoms with Gasteiger partial charge in [-0.1, -0.05) is 6.07 Å². The molecule has 0 unspecified atom stereocenters. The Kier molecular flexibility index (Phi) is 5.90. The summed E-state index contributed by atoms with van der Waals surface area (Å²) >= 11 is 0. The van der Waals surface area contributed by atoms with Gasteiger partial charge in [0.15, 0.2) is 5.65 Å². The van der Waals surface area contributed by atoms with Crippen LogP contribution < -0.4 is 5.32 Å². The van der Waals surface area contributed by atoms with Crippen LogP contribution in [0, 0.1) is 5.92 Å². The van der Waals surface area contributed by atoms with Gasteiger partial charge in [0, 0.05) is 18.5 Å². The van der Waals surface area contributed by atoms with Gasteiger partial charge in [0.1, 0.15) is 0 Å². The molecule has 9 heteroatoms. The summed E-state index contributed by atoms with van der Waals surface area (Å²) in [6.07, 6.45) is -0.334. The van der Waals surface area contributed by atoms with Crippen LogP contribution in [-0.4, -0.2) is 39.0 Å². The maximum absolute atomic E-state index is 12.7. The van der Waals surface area contributed by atoms with Crippen molar-refractivity contribution in [1.82, 2.24) is 14.6 Å². The van der Waals surface area contributed by atoms with Crippen molar-refractivity contribution < 1.29 is 23.0 Å². The summed E-state index contributed by atoms with van der Waals surface area (Å²) in [4.78, 5) is 4.44. The summed E-state index contributed by atoms with van der Waals surface area (Å²) in [5.74, 6) is 0.753. The summed E-state index contributed by atoms with van der Waals surface area (Å²) < 4.78 is 45.1. The molecule has 0 spiro atoms. The Morgan fingerprint density at radius 1 is 1.16 bits per heavy atom. The van der Waals surface area contributed by atoms with Gasteiger partial charge in [-0.15, -0.1) is 5.10 Å². The van der Waals surface area contributed by atoms with Gasteiger partial charge < -0.3 is 15.2 Å². The lowest BCUT2D eigenvalue weighted by molar-refractivity contribution is -0.137. The largest absolute Gasteiger partial charge is 0.416 e. The van der Waals surface area contributed by atoms with E-state index in [2.05, 4.69) is 15.4 Å². The normalized spacial score (nSPS) is 22.0. The number of hydrogen-bond donors (Lipinski definition) is 2. The van der Waals surface area contributed by atoms with Gasteiger partial charge in [0.05, 0.1) is 17.8 Å². The third-order valence-corrected chi connectivity index (χ3v) is 5.85. The Morgan fingerprint density at radius 2 is 1.87 bits per heavy atom. The van der Waals surface area contributed by atoms with Crippen LogP contribution in [0.2, 0.25) is 0 Å². The second kappa shape index (κ2) is 8.47. The minimum atomic E-state index is -4.37. The van der Waals surface area contributed by atoms with Gasteiger partial charge in [-0.25, -0.2) is 4.52 Å². The third kappa shape index (κ3) is 4.99. The molecule has 31 heavy (non-hydrogen) atoms. The van der Waals surface area contributed by atoms with Crippen LogP contribution in [0.4, 0.5) is 24.8 Å². The average Bonchev–Trinajstić information content (AvgIpc) is 3.13. The molecule has 0 bridgehead atoms. The number of nitrogens with one attached hydrogen (secondary N) is 1. The van der Waals surface area contributed by atoms with E-state index in [1.54, 1.807) is 11.6 Å². The van der Waals surface area contributed by atoms with E-state index in [1.165, 1.54) is 12.1 Å². The first-order valence-electron chi connectivity index (χ1n) is 10.3. The molecular formula is C22H25F3N4O2. The molecular weight excluding hydrogens is 409 g/mol. The van der Waals surface area contributed by atoms with Crippen LogP contribution in [-0.2, 0) is 17.3 Å². The Morgan fingerprint density at radius 3 is 2.52 bits per heavy atom. The van der Waals surface area contributed by atoms with Crippen molar-refractivity contribution in [3.63, 3.8) is 0 Å². The summed E-state index contributed by atoms with van der Waals surface area (Å²) in [7, 11) is 1.60. The number of alkyl halides is 3. The molecule has 1 saturated carbocycles. The Labute approximate surface area is 178 Å². The molecule has 3 aromatic rings. The lowest BCUT2D eigenvalue weighted by Gasteiger charge is -2.35. The second-order valence-electron chi connectivity index (χ2n) is 8.23. The molecule has 2 heterocycles. The van der Waals surface area contributed by atoms with Crippen molar-refractivity contribution in [2.45, 2.75) is 43.9 Å². The molecule has 2 aromatic heterocycles. The van der Waals surface area contributed by atoms with Crippen molar-refractivity contribution >= 4 is 17.3 Å². The van der Waals surface area contributed by atoms with Gasteiger partial charge in [0.2, 0.25) is 5.95 Å². The predicted octanol–water partition coefficient (Wildman–Crippen LogP) is 4.60. The van der Waals surface area contributed by atoms with E-state index in [0.717, 1.165) is 37.1 Å². The SMILES string of the molecule is COC[C@]1(O)CC[C@H](Cc2cccc3nc(Nc4ccc(C(F)(F)F)cc4)nn23)CC1. The molecule has 0 atom stereocenters. The minimum absolute atomic E-state index is 0.324. The van der Waals surface area contributed by atoms with E-state index in [4.69, 9.17) is 4.74 Å². The zero-order valence-corrected chi connectivity index (χ0v) is 17.2. The predicted molar refractivity (Wildman–Crippen MR) is 110 cm³/mol. The fourth-order valence-corrected chi connectivity index (χ4v) is 4.17. The van der Waals surface area contributed by atoms with Crippen molar-refractivity contribution in [2.24, 2.45) is 5.92 Å². The van der Waals surface area contributed by atoms with Crippen LogP contribution in [0.25, 0.3) is 5.65 Å². The lowest BCUT2D eigenvalue weighted by atomic mass is 9.77. The Hall–Kier alpha value is -2.65. The molecule has 6 nitrogen and oxygen atoms in total. The first-order chi connectivity index (χ1) is 14.8. The van der Waals surface area contributed by atoms with E-state index in [1.807, 2.05) is 18.2 Å². The number of nitrogens with zero attached hydrogens (tertiary/aromatic N) is 3. The van der Waals surface area contributed by atoms with Crippen LogP contribution in [0.15, 0.2) is 42.5 Å². The number of anilines is 2. The van der Waals surface area contributed by atoms with Crippen LogP contribution in [0.5, 0.6) is 0 Å². The number of ether oxygens (including phenoxy) is 1. The monoisotopic (exact) mass is 434 g/mol. The van der Waals surface area contributed by atoms with E-state index >= 15 is 0 Å². The maximum Gasteiger partial charge on any atom is 0.416 e. The highest BCUT2D eigenvalue weighted by Gasteiger charge is 2.33. The number of pyridine rings is 1. The smallest absolute Gasteiger partial charge is 0.387 e. The number of aromatic nitrogens is 3. The van der Waals surface area contributed by atoms with E-state index in [-0.39, 0.29) is 0 Å². The third-order valence-electron chi connectivity index (χ3n) is 5.85.